The minimum atomic E-state index is -0.280. The Morgan fingerprint density at radius 3 is 2.66 bits per heavy atom. The molecule has 6 rings (SSSR count). The SMILES string of the molecule is CC[C@H]1CCN(c2nc3cc([C@@H]4CCCCN4C(=O)c4cc(Cl)ccc4NC(=O)c4ccccc4)nn3cc2C)C1. The van der Waals surface area contributed by atoms with E-state index in [-0.39, 0.29) is 17.9 Å². The van der Waals surface area contributed by atoms with Crippen LogP contribution in [0.2, 0.25) is 5.02 Å². The van der Waals surface area contributed by atoms with E-state index in [1.807, 2.05) is 39.9 Å². The van der Waals surface area contributed by atoms with Crippen LogP contribution >= 0.6 is 11.6 Å². The lowest BCUT2D eigenvalue weighted by molar-refractivity contribution is 0.0607. The number of aromatic nitrogens is 3. The number of fused-ring (bicyclic) bond motifs is 1. The molecule has 2 aliphatic rings. The van der Waals surface area contributed by atoms with Crippen molar-refractivity contribution in [3.05, 3.63) is 88.2 Å². The summed E-state index contributed by atoms with van der Waals surface area (Å²) in [7, 11) is 0. The summed E-state index contributed by atoms with van der Waals surface area (Å²) in [5.41, 5.74) is 4.03. The second-order valence-electron chi connectivity index (χ2n) is 11.1. The topological polar surface area (TPSA) is 82.8 Å². The van der Waals surface area contributed by atoms with Crippen molar-refractivity contribution in [3.8, 4) is 0 Å². The molecular formula is C32H35ClN6O2. The molecule has 2 atom stereocenters. The van der Waals surface area contributed by atoms with Gasteiger partial charge in [-0.3, -0.25) is 9.59 Å². The van der Waals surface area contributed by atoms with Crippen LogP contribution < -0.4 is 10.2 Å². The van der Waals surface area contributed by atoms with Crippen LogP contribution in [0.5, 0.6) is 0 Å². The monoisotopic (exact) mass is 570 g/mol. The Morgan fingerprint density at radius 1 is 1.05 bits per heavy atom. The fourth-order valence-corrected chi connectivity index (χ4v) is 6.26. The minimum absolute atomic E-state index is 0.176. The zero-order valence-electron chi connectivity index (χ0n) is 23.5. The van der Waals surface area contributed by atoms with Gasteiger partial charge < -0.3 is 15.1 Å². The van der Waals surface area contributed by atoms with Crippen molar-refractivity contribution >= 4 is 40.6 Å². The number of nitrogens with one attached hydrogen (secondary N) is 1. The summed E-state index contributed by atoms with van der Waals surface area (Å²) in [6, 6.07) is 15.8. The lowest BCUT2D eigenvalue weighted by Crippen LogP contribution is -2.39. The number of hydrogen-bond acceptors (Lipinski definition) is 5. The smallest absolute Gasteiger partial charge is 0.256 e. The van der Waals surface area contributed by atoms with E-state index in [9.17, 15) is 9.59 Å². The van der Waals surface area contributed by atoms with E-state index in [0.29, 0.717) is 34.3 Å². The van der Waals surface area contributed by atoms with E-state index in [2.05, 4.69) is 24.1 Å². The van der Waals surface area contributed by atoms with Crippen LogP contribution in [0.1, 0.15) is 77.0 Å². The first-order chi connectivity index (χ1) is 19.9. The number of rotatable bonds is 6. The van der Waals surface area contributed by atoms with Crippen molar-refractivity contribution in [2.75, 3.05) is 29.9 Å². The van der Waals surface area contributed by atoms with Crippen LogP contribution in [0, 0.1) is 12.8 Å². The summed E-state index contributed by atoms with van der Waals surface area (Å²) in [6.07, 6.45) is 7.13. The molecule has 0 radical (unpaired) electrons. The molecule has 0 spiro atoms. The van der Waals surface area contributed by atoms with Gasteiger partial charge in [0.1, 0.15) is 5.82 Å². The van der Waals surface area contributed by atoms with E-state index in [1.165, 1.54) is 12.8 Å². The Hall–Kier alpha value is -3.91. The molecule has 0 aliphatic carbocycles. The number of benzene rings is 2. The molecule has 2 fully saturated rings. The quantitative estimate of drug-likeness (QED) is 0.284. The summed E-state index contributed by atoms with van der Waals surface area (Å²) >= 11 is 6.35. The van der Waals surface area contributed by atoms with Gasteiger partial charge in [-0.15, -0.1) is 0 Å². The molecule has 4 aromatic rings. The molecule has 2 saturated heterocycles. The van der Waals surface area contributed by atoms with Gasteiger partial charge in [-0.05, 0) is 68.9 Å². The van der Waals surface area contributed by atoms with Gasteiger partial charge in [0.25, 0.3) is 11.8 Å². The largest absolute Gasteiger partial charge is 0.356 e. The first kappa shape index (κ1) is 27.3. The van der Waals surface area contributed by atoms with E-state index >= 15 is 0 Å². The predicted molar refractivity (Wildman–Crippen MR) is 162 cm³/mol. The molecule has 0 unspecified atom stereocenters. The first-order valence-electron chi connectivity index (χ1n) is 14.5. The summed E-state index contributed by atoms with van der Waals surface area (Å²) in [6.45, 7) is 7.00. The maximum atomic E-state index is 14.1. The second-order valence-corrected chi connectivity index (χ2v) is 11.6. The molecule has 0 saturated carbocycles. The Kier molecular flexibility index (Phi) is 7.67. The number of hydrogen-bond donors (Lipinski definition) is 1. The highest BCUT2D eigenvalue weighted by Crippen LogP contribution is 2.35. The van der Waals surface area contributed by atoms with Crippen LogP contribution in [0.25, 0.3) is 5.65 Å². The maximum absolute atomic E-state index is 14.1. The van der Waals surface area contributed by atoms with Crippen molar-refractivity contribution in [3.63, 3.8) is 0 Å². The lowest BCUT2D eigenvalue weighted by atomic mass is 9.97. The van der Waals surface area contributed by atoms with Gasteiger partial charge >= 0.3 is 0 Å². The summed E-state index contributed by atoms with van der Waals surface area (Å²) in [5.74, 6) is 1.28. The third-order valence-corrected chi connectivity index (χ3v) is 8.62. The zero-order chi connectivity index (χ0) is 28.5. The Bertz CT molecular complexity index is 1590. The third kappa shape index (κ3) is 5.53. The first-order valence-corrected chi connectivity index (χ1v) is 14.9. The number of carbonyl (C=O) groups is 2. The van der Waals surface area contributed by atoms with Crippen molar-refractivity contribution in [2.45, 2.75) is 52.0 Å². The normalized spacial score (nSPS) is 19.1. The van der Waals surface area contributed by atoms with Crippen LogP contribution in [-0.2, 0) is 0 Å². The van der Waals surface area contributed by atoms with Gasteiger partial charge in [0.15, 0.2) is 5.65 Å². The third-order valence-electron chi connectivity index (χ3n) is 8.39. The highest BCUT2D eigenvalue weighted by molar-refractivity contribution is 6.31. The predicted octanol–water partition coefficient (Wildman–Crippen LogP) is 6.55. The van der Waals surface area contributed by atoms with Gasteiger partial charge in [-0.25, -0.2) is 9.50 Å². The van der Waals surface area contributed by atoms with E-state index in [0.717, 1.165) is 55.1 Å². The van der Waals surface area contributed by atoms with Crippen molar-refractivity contribution in [2.24, 2.45) is 5.92 Å². The lowest BCUT2D eigenvalue weighted by Gasteiger charge is -2.35. The van der Waals surface area contributed by atoms with E-state index in [4.69, 9.17) is 21.7 Å². The molecule has 1 N–H and O–H groups in total. The van der Waals surface area contributed by atoms with E-state index in [1.54, 1.807) is 30.3 Å². The fourth-order valence-electron chi connectivity index (χ4n) is 6.08. The highest BCUT2D eigenvalue weighted by Gasteiger charge is 2.32. The van der Waals surface area contributed by atoms with Gasteiger partial charge in [0.2, 0.25) is 0 Å². The van der Waals surface area contributed by atoms with Crippen LogP contribution in [0.4, 0.5) is 11.5 Å². The van der Waals surface area contributed by atoms with Gasteiger partial charge in [-0.1, -0.05) is 43.1 Å². The molecule has 2 aliphatic heterocycles. The van der Waals surface area contributed by atoms with Gasteiger partial charge in [-0.2, -0.15) is 5.10 Å². The number of likely N-dealkylation sites (tertiary alicyclic amines) is 1. The summed E-state index contributed by atoms with van der Waals surface area (Å²) < 4.78 is 1.84. The Balaban J connectivity index is 1.29. The number of aryl methyl sites for hydroxylation is 1. The molecule has 212 valence electrons. The van der Waals surface area contributed by atoms with E-state index < -0.39 is 0 Å². The number of piperidine rings is 1. The second kappa shape index (κ2) is 11.5. The average Bonchev–Trinajstić information content (AvgIpc) is 3.64. The maximum Gasteiger partial charge on any atom is 0.256 e. The van der Waals surface area contributed by atoms with Crippen molar-refractivity contribution in [1.82, 2.24) is 19.5 Å². The molecule has 2 aromatic carbocycles. The molecule has 2 aromatic heterocycles. The fraction of sp³-hybridized carbons (Fsp3) is 0.375. The number of amides is 2. The molecule has 41 heavy (non-hydrogen) atoms. The van der Waals surface area contributed by atoms with Crippen LogP contribution in [0.3, 0.4) is 0 Å². The highest BCUT2D eigenvalue weighted by atomic mass is 35.5. The van der Waals surface area contributed by atoms with Crippen LogP contribution in [-0.4, -0.2) is 50.9 Å². The summed E-state index contributed by atoms with van der Waals surface area (Å²) in [5, 5.41) is 8.25. The number of nitrogens with zero attached hydrogens (tertiary/aromatic N) is 5. The van der Waals surface area contributed by atoms with Gasteiger partial charge in [0.05, 0.1) is 23.0 Å². The standard InChI is InChI=1S/C32H35ClN6O2/c1-3-22-14-16-37(20-22)30-21(2)19-39-29(35-30)18-27(36-39)28-11-7-8-15-38(28)32(41)25-17-24(33)12-13-26(25)34-31(40)23-9-5-4-6-10-23/h4-6,9-10,12-13,17-19,22,28H,3,7-8,11,14-16,20H2,1-2H3,(H,34,40)/t22-,28-/m0/s1. The molecule has 0 bridgehead atoms. The number of halogens is 1. The zero-order valence-corrected chi connectivity index (χ0v) is 24.3. The molecule has 4 heterocycles. The van der Waals surface area contributed by atoms with Gasteiger partial charge in [0, 0.05) is 48.0 Å². The molecule has 2 amide bonds. The van der Waals surface area contributed by atoms with Crippen LogP contribution in [0.15, 0.2) is 60.8 Å². The number of carbonyl (C=O) groups excluding carboxylic acids is 2. The molecule has 9 heteroatoms. The molecule has 8 nitrogen and oxygen atoms in total. The number of anilines is 2. The summed E-state index contributed by atoms with van der Waals surface area (Å²) in [4.78, 5) is 36.3. The average molecular weight is 571 g/mol. The van der Waals surface area contributed by atoms with Crippen molar-refractivity contribution in [1.29, 1.82) is 0 Å². The molecular weight excluding hydrogens is 536 g/mol. The minimum Gasteiger partial charge on any atom is -0.356 e. The Labute approximate surface area is 245 Å². The Morgan fingerprint density at radius 2 is 1.88 bits per heavy atom. The van der Waals surface area contributed by atoms with Crippen molar-refractivity contribution < 1.29 is 9.59 Å².